The van der Waals surface area contributed by atoms with Gasteiger partial charge in [-0.1, -0.05) is 44.2 Å². The molecule has 0 bridgehead atoms. The molecule has 0 radical (unpaired) electrons. The number of nitrogens with zero attached hydrogens (tertiary/aromatic N) is 1. The van der Waals surface area contributed by atoms with E-state index in [0.717, 1.165) is 19.6 Å². The zero-order chi connectivity index (χ0) is 14.3. The first kappa shape index (κ1) is 15.9. The molecule has 0 saturated carbocycles. The fourth-order valence-corrected chi connectivity index (χ4v) is 1.94. The zero-order valence-electron chi connectivity index (χ0n) is 12.8. The average Bonchev–Trinajstić information content (AvgIpc) is 2.37. The second-order valence-corrected chi connectivity index (χ2v) is 5.66. The van der Waals surface area contributed by atoms with E-state index in [1.54, 1.807) is 0 Å². The summed E-state index contributed by atoms with van der Waals surface area (Å²) in [4.78, 5) is 2.41. The molecule has 19 heavy (non-hydrogen) atoms. The van der Waals surface area contributed by atoms with E-state index in [0.29, 0.717) is 12.1 Å². The second kappa shape index (κ2) is 8.13. The molecule has 0 saturated heterocycles. The smallest absolute Gasteiger partial charge is 0.0239 e. The van der Waals surface area contributed by atoms with Crippen molar-refractivity contribution in [3.63, 3.8) is 0 Å². The Morgan fingerprint density at radius 3 is 2.16 bits per heavy atom. The highest BCUT2D eigenvalue weighted by molar-refractivity contribution is 5.22. The lowest BCUT2D eigenvalue weighted by atomic mass is 10.1. The fraction of sp³-hybridized carbons (Fsp3) is 0.529. The van der Waals surface area contributed by atoms with Gasteiger partial charge in [0, 0.05) is 31.7 Å². The third-order valence-corrected chi connectivity index (χ3v) is 3.22. The predicted molar refractivity (Wildman–Crippen MR) is 84.2 cm³/mol. The largest absolute Gasteiger partial charge is 0.310 e. The summed E-state index contributed by atoms with van der Waals surface area (Å²) in [7, 11) is 0. The van der Waals surface area contributed by atoms with E-state index in [4.69, 9.17) is 0 Å². The van der Waals surface area contributed by atoms with Crippen molar-refractivity contribution in [3.05, 3.63) is 48.0 Å². The van der Waals surface area contributed by atoms with Gasteiger partial charge in [0.2, 0.25) is 0 Å². The van der Waals surface area contributed by atoms with E-state index in [2.05, 4.69) is 68.8 Å². The minimum Gasteiger partial charge on any atom is -0.310 e. The SMILES string of the molecule is C=CCN(Cc1ccc(CNC(C)C)cc1)C(C)C. The Hall–Kier alpha value is -1.12. The Bertz CT molecular complexity index is 365. The van der Waals surface area contributed by atoms with E-state index < -0.39 is 0 Å². The van der Waals surface area contributed by atoms with Crippen molar-refractivity contribution in [1.29, 1.82) is 0 Å². The van der Waals surface area contributed by atoms with Crippen molar-refractivity contribution < 1.29 is 0 Å². The van der Waals surface area contributed by atoms with E-state index in [1.807, 2.05) is 6.08 Å². The molecule has 1 N–H and O–H groups in total. The lowest BCUT2D eigenvalue weighted by Crippen LogP contribution is -2.30. The van der Waals surface area contributed by atoms with Crippen molar-refractivity contribution in [2.75, 3.05) is 6.54 Å². The highest BCUT2D eigenvalue weighted by atomic mass is 15.1. The first-order valence-electron chi connectivity index (χ1n) is 7.19. The van der Waals surface area contributed by atoms with Crippen molar-refractivity contribution in [1.82, 2.24) is 10.2 Å². The van der Waals surface area contributed by atoms with Gasteiger partial charge in [-0.15, -0.1) is 6.58 Å². The van der Waals surface area contributed by atoms with Crippen LogP contribution in [0.2, 0.25) is 0 Å². The van der Waals surface area contributed by atoms with Gasteiger partial charge < -0.3 is 5.32 Å². The summed E-state index contributed by atoms with van der Waals surface area (Å²) in [6.45, 7) is 15.5. The molecule has 0 aliphatic rings. The van der Waals surface area contributed by atoms with Gasteiger partial charge in [-0.2, -0.15) is 0 Å². The van der Waals surface area contributed by atoms with Crippen molar-refractivity contribution in [2.24, 2.45) is 0 Å². The van der Waals surface area contributed by atoms with Gasteiger partial charge in [-0.3, -0.25) is 4.90 Å². The summed E-state index contributed by atoms with van der Waals surface area (Å²) in [5.74, 6) is 0. The van der Waals surface area contributed by atoms with Crippen LogP contribution < -0.4 is 5.32 Å². The quantitative estimate of drug-likeness (QED) is 0.719. The van der Waals surface area contributed by atoms with E-state index in [9.17, 15) is 0 Å². The lowest BCUT2D eigenvalue weighted by Gasteiger charge is -2.25. The first-order valence-corrected chi connectivity index (χ1v) is 7.19. The zero-order valence-corrected chi connectivity index (χ0v) is 12.8. The summed E-state index contributed by atoms with van der Waals surface area (Å²) in [6, 6.07) is 9.98. The number of hydrogen-bond acceptors (Lipinski definition) is 2. The van der Waals surface area contributed by atoms with Crippen LogP contribution in [0.4, 0.5) is 0 Å². The molecule has 1 aromatic rings. The molecular weight excluding hydrogens is 232 g/mol. The maximum atomic E-state index is 3.83. The molecule has 0 amide bonds. The van der Waals surface area contributed by atoms with Crippen LogP contribution in [0.3, 0.4) is 0 Å². The van der Waals surface area contributed by atoms with Gasteiger partial charge in [0.1, 0.15) is 0 Å². The van der Waals surface area contributed by atoms with Gasteiger partial charge in [-0.25, -0.2) is 0 Å². The normalized spacial score (nSPS) is 11.5. The van der Waals surface area contributed by atoms with Crippen LogP contribution in [-0.2, 0) is 13.1 Å². The van der Waals surface area contributed by atoms with Crippen LogP contribution >= 0.6 is 0 Å². The van der Waals surface area contributed by atoms with Gasteiger partial charge in [-0.05, 0) is 25.0 Å². The molecule has 0 unspecified atom stereocenters. The standard InChI is InChI=1S/C17H28N2/c1-6-11-19(15(4)5)13-17-9-7-16(8-10-17)12-18-14(2)3/h6-10,14-15,18H,1,11-13H2,2-5H3. The molecule has 2 nitrogen and oxygen atoms in total. The Morgan fingerprint density at radius 2 is 1.68 bits per heavy atom. The van der Waals surface area contributed by atoms with Crippen LogP contribution in [0, 0.1) is 0 Å². The molecule has 106 valence electrons. The van der Waals surface area contributed by atoms with Crippen LogP contribution in [0.15, 0.2) is 36.9 Å². The topological polar surface area (TPSA) is 15.3 Å². The minimum absolute atomic E-state index is 0.531. The molecule has 0 aromatic heterocycles. The predicted octanol–water partition coefficient (Wildman–Crippen LogP) is 3.58. The lowest BCUT2D eigenvalue weighted by molar-refractivity contribution is 0.237. The molecule has 0 aliphatic carbocycles. The van der Waals surface area contributed by atoms with Crippen molar-refractivity contribution in [2.45, 2.75) is 52.9 Å². The molecular formula is C17H28N2. The molecule has 0 aliphatic heterocycles. The highest BCUT2D eigenvalue weighted by Crippen LogP contribution is 2.10. The maximum absolute atomic E-state index is 3.83. The summed E-state index contributed by atoms with van der Waals surface area (Å²) < 4.78 is 0. The second-order valence-electron chi connectivity index (χ2n) is 5.66. The minimum atomic E-state index is 0.531. The van der Waals surface area contributed by atoms with E-state index >= 15 is 0 Å². The summed E-state index contributed by atoms with van der Waals surface area (Å²) >= 11 is 0. The molecule has 1 aromatic carbocycles. The number of nitrogens with one attached hydrogen (secondary N) is 1. The number of rotatable bonds is 8. The Kier molecular flexibility index (Phi) is 6.82. The van der Waals surface area contributed by atoms with Gasteiger partial charge in [0.25, 0.3) is 0 Å². The molecule has 0 heterocycles. The monoisotopic (exact) mass is 260 g/mol. The van der Waals surface area contributed by atoms with E-state index in [-0.39, 0.29) is 0 Å². The Labute approximate surface area is 118 Å². The molecule has 0 atom stereocenters. The maximum Gasteiger partial charge on any atom is 0.0239 e. The third-order valence-electron chi connectivity index (χ3n) is 3.22. The van der Waals surface area contributed by atoms with Gasteiger partial charge in [0.15, 0.2) is 0 Å². The Morgan fingerprint density at radius 1 is 1.11 bits per heavy atom. The third kappa shape index (κ3) is 6.04. The Balaban J connectivity index is 2.57. The van der Waals surface area contributed by atoms with Crippen LogP contribution in [0.1, 0.15) is 38.8 Å². The molecule has 0 fully saturated rings. The average molecular weight is 260 g/mol. The van der Waals surface area contributed by atoms with Gasteiger partial charge in [0.05, 0.1) is 0 Å². The van der Waals surface area contributed by atoms with Gasteiger partial charge >= 0.3 is 0 Å². The summed E-state index contributed by atoms with van der Waals surface area (Å²) in [5.41, 5.74) is 2.71. The molecule has 0 spiro atoms. The van der Waals surface area contributed by atoms with E-state index in [1.165, 1.54) is 11.1 Å². The highest BCUT2D eigenvalue weighted by Gasteiger charge is 2.08. The summed E-state index contributed by atoms with van der Waals surface area (Å²) in [5, 5.41) is 3.44. The van der Waals surface area contributed by atoms with Crippen LogP contribution in [0.25, 0.3) is 0 Å². The number of benzene rings is 1. The fourth-order valence-electron chi connectivity index (χ4n) is 1.94. The summed E-state index contributed by atoms with van der Waals surface area (Å²) in [6.07, 6.45) is 1.97. The molecule has 1 rings (SSSR count). The van der Waals surface area contributed by atoms with Crippen LogP contribution in [-0.4, -0.2) is 23.5 Å². The van der Waals surface area contributed by atoms with Crippen LogP contribution in [0.5, 0.6) is 0 Å². The first-order chi connectivity index (χ1) is 9.02. The van der Waals surface area contributed by atoms with Crippen molar-refractivity contribution >= 4 is 0 Å². The molecule has 2 heteroatoms. The van der Waals surface area contributed by atoms with Crippen molar-refractivity contribution in [3.8, 4) is 0 Å². The number of hydrogen-bond donors (Lipinski definition) is 1.